The van der Waals surface area contributed by atoms with E-state index in [0.717, 1.165) is 0 Å². The zero-order chi connectivity index (χ0) is 19.2. The average Bonchev–Trinajstić information content (AvgIpc) is 2.69. The van der Waals surface area contributed by atoms with E-state index in [9.17, 15) is 10.1 Å². The number of carbonyl (C=O) groups excluding carboxylic acids is 1. The van der Waals surface area contributed by atoms with Crippen LogP contribution in [0, 0.1) is 11.3 Å². The summed E-state index contributed by atoms with van der Waals surface area (Å²) in [4.78, 5) is 16.6. The topological polar surface area (TPSA) is 87.0 Å². The molecule has 0 spiro atoms. The van der Waals surface area contributed by atoms with Crippen molar-refractivity contribution in [3.05, 3.63) is 77.1 Å². The highest BCUT2D eigenvalue weighted by Crippen LogP contribution is 2.27. The number of hydrogen-bond acceptors (Lipinski definition) is 5. The largest absolute Gasteiger partial charge is 0.495 e. The van der Waals surface area contributed by atoms with E-state index in [2.05, 4.69) is 21.7 Å². The number of nitriles is 1. The summed E-state index contributed by atoms with van der Waals surface area (Å²) in [5.41, 5.74) is 2.56. The lowest BCUT2D eigenvalue weighted by Crippen LogP contribution is -2.13. The van der Waals surface area contributed by atoms with Gasteiger partial charge in [-0.2, -0.15) is 5.26 Å². The van der Waals surface area contributed by atoms with Crippen molar-refractivity contribution in [2.75, 3.05) is 17.7 Å². The first-order chi connectivity index (χ1) is 13.1. The second-order valence-corrected chi connectivity index (χ2v) is 5.92. The fourth-order valence-corrected chi connectivity index (χ4v) is 2.67. The predicted molar refractivity (Wildman–Crippen MR) is 105 cm³/mol. The highest BCUT2D eigenvalue weighted by molar-refractivity contribution is 6.32. The zero-order valence-electron chi connectivity index (χ0n) is 14.4. The molecule has 0 fully saturated rings. The van der Waals surface area contributed by atoms with Gasteiger partial charge in [0.1, 0.15) is 17.5 Å². The Morgan fingerprint density at radius 3 is 2.70 bits per heavy atom. The van der Waals surface area contributed by atoms with E-state index < -0.39 is 0 Å². The Balaban J connectivity index is 1.78. The van der Waals surface area contributed by atoms with Crippen molar-refractivity contribution in [2.24, 2.45) is 0 Å². The average molecular weight is 379 g/mol. The Hall–Kier alpha value is -3.56. The molecule has 6 nitrogen and oxygen atoms in total. The maximum absolute atomic E-state index is 12.5. The number of anilines is 3. The van der Waals surface area contributed by atoms with E-state index in [0.29, 0.717) is 33.4 Å². The van der Waals surface area contributed by atoms with Crippen LogP contribution in [0.3, 0.4) is 0 Å². The molecule has 0 radical (unpaired) electrons. The van der Waals surface area contributed by atoms with Gasteiger partial charge in [-0.3, -0.25) is 9.78 Å². The molecule has 1 heterocycles. The molecule has 3 rings (SSSR count). The molecule has 2 aromatic carbocycles. The number of hydrogen-bond donors (Lipinski definition) is 2. The molecule has 0 bridgehead atoms. The number of pyridine rings is 1. The molecule has 1 aromatic heterocycles. The lowest BCUT2D eigenvalue weighted by Gasteiger charge is -2.10. The predicted octanol–water partition coefficient (Wildman–Crippen LogP) is 4.61. The van der Waals surface area contributed by atoms with Gasteiger partial charge in [0.15, 0.2) is 0 Å². The summed E-state index contributed by atoms with van der Waals surface area (Å²) in [5, 5.41) is 15.4. The van der Waals surface area contributed by atoms with Crippen LogP contribution in [0.1, 0.15) is 16.1 Å². The summed E-state index contributed by atoms with van der Waals surface area (Å²) in [6.07, 6.45) is 1.52. The molecular weight excluding hydrogens is 364 g/mol. The van der Waals surface area contributed by atoms with Crippen LogP contribution >= 0.6 is 11.6 Å². The Labute approximate surface area is 161 Å². The van der Waals surface area contributed by atoms with Gasteiger partial charge in [-0.15, -0.1) is 0 Å². The number of para-hydroxylation sites is 1. The van der Waals surface area contributed by atoms with Crippen LogP contribution in [0.4, 0.5) is 17.1 Å². The van der Waals surface area contributed by atoms with Gasteiger partial charge >= 0.3 is 0 Å². The van der Waals surface area contributed by atoms with Crippen LogP contribution < -0.4 is 15.4 Å². The zero-order valence-corrected chi connectivity index (χ0v) is 15.1. The lowest BCUT2D eigenvalue weighted by atomic mass is 10.2. The van der Waals surface area contributed by atoms with E-state index in [1.807, 2.05) is 6.07 Å². The van der Waals surface area contributed by atoms with Crippen LogP contribution in [0.25, 0.3) is 0 Å². The molecule has 2 N–H and O–H groups in total. The highest BCUT2D eigenvalue weighted by Gasteiger charge is 2.11. The Bertz CT molecular complexity index is 1030. The van der Waals surface area contributed by atoms with Gasteiger partial charge in [0.25, 0.3) is 5.91 Å². The van der Waals surface area contributed by atoms with Gasteiger partial charge in [-0.05, 0) is 42.5 Å². The minimum absolute atomic E-state index is 0.223. The van der Waals surface area contributed by atoms with Crippen LogP contribution in [0.2, 0.25) is 5.02 Å². The summed E-state index contributed by atoms with van der Waals surface area (Å²) in [5.74, 6) is 0.142. The first-order valence-electron chi connectivity index (χ1n) is 7.98. The molecule has 0 aliphatic carbocycles. The molecule has 0 unspecified atom stereocenters. The summed E-state index contributed by atoms with van der Waals surface area (Å²) in [6, 6.07) is 17.5. The van der Waals surface area contributed by atoms with Crippen LogP contribution in [0.5, 0.6) is 5.75 Å². The number of nitrogens with one attached hydrogen (secondary N) is 2. The summed E-state index contributed by atoms with van der Waals surface area (Å²) >= 11 is 6.07. The standard InChI is InChI=1S/C20H15ClN4O2/c1-27-19-7-6-14(10-16(19)21)25-20(26)18-11-15(8-9-23-18)24-17-5-3-2-4-13(17)12-22/h2-11H,1H3,(H,23,24)(H,25,26). The normalized spacial score (nSPS) is 9.96. The molecule has 7 heteroatoms. The quantitative estimate of drug-likeness (QED) is 0.676. The van der Waals surface area contributed by atoms with Crippen molar-refractivity contribution in [1.29, 1.82) is 5.26 Å². The van der Waals surface area contributed by atoms with Crippen LogP contribution in [-0.4, -0.2) is 18.0 Å². The minimum Gasteiger partial charge on any atom is -0.495 e. The van der Waals surface area contributed by atoms with Gasteiger partial charge in [-0.25, -0.2) is 0 Å². The van der Waals surface area contributed by atoms with E-state index in [1.54, 1.807) is 48.5 Å². The molecule has 1 amide bonds. The van der Waals surface area contributed by atoms with Gasteiger partial charge in [-0.1, -0.05) is 23.7 Å². The SMILES string of the molecule is COc1ccc(NC(=O)c2cc(Nc3ccccc3C#N)ccn2)cc1Cl. The fraction of sp³-hybridized carbons (Fsp3) is 0.0500. The fourth-order valence-electron chi connectivity index (χ4n) is 2.42. The number of amides is 1. The van der Waals surface area contributed by atoms with E-state index in [-0.39, 0.29) is 11.6 Å². The lowest BCUT2D eigenvalue weighted by molar-refractivity contribution is 0.102. The molecular formula is C20H15ClN4O2. The van der Waals surface area contributed by atoms with E-state index >= 15 is 0 Å². The van der Waals surface area contributed by atoms with Gasteiger partial charge < -0.3 is 15.4 Å². The van der Waals surface area contributed by atoms with E-state index in [1.165, 1.54) is 13.3 Å². The third kappa shape index (κ3) is 4.35. The molecule has 3 aromatic rings. The second-order valence-electron chi connectivity index (χ2n) is 5.52. The number of halogens is 1. The molecule has 134 valence electrons. The molecule has 0 saturated heterocycles. The number of nitrogens with zero attached hydrogens (tertiary/aromatic N) is 2. The first kappa shape index (κ1) is 18.2. The monoisotopic (exact) mass is 378 g/mol. The molecule has 27 heavy (non-hydrogen) atoms. The third-order valence-electron chi connectivity index (χ3n) is 3.73. The number of carbonyl (C=O) groups is 1. The Kier molecular flexibility index (Phi) is 5.55. The number of aromatic nitrogens is 1. The first-order valence-corrected chi connectivity index (χ1v) is 8.35. The Morgan fingerprint density at radius 1 is 1.15 bits per heavy atom. The van der Waals surface area contributed by atoms with Crippen molar-refractivity contribution < 1.29 is 9.53 Å². The van der Waals surface area contributed by atoms with Crippen LogP contribution in [0.15, 0.2) is 60.8 Å². The summed E-state index contributed by atoms with van der Waals surface area (Å²) < 4.78 is 5.09. The van der Waals surface area contributed by atoms with Crippen molar-refractivity contribution >= 4 is 34.6 Å². The van der Waals surface area contributed by atoms with Gasteiger partial charge in [0, 0.05) is 17.6 Å². The van der Waals surface area contributed by atoms with Crippen molar-refractivity contribution in [3.63, 3.8) is 0 Å². The summed E-state index contributed by atoms with van der Waals surface area (Å²) in [7, 11) is 1.52. The van der Waals surface area contributed by atoms with Gasteiger partial charge in [0.05, 0.1) is 23.4 Å². The second kappa shape index (κ2) is 8.21. The van der Waals surface area contributed by atoms with Gasteiger partial charge in [0.2, 0.25) is 0 Å². The number of ether oxygens (including phenoxy) is 1. The minimum atomic E-state index is -0.381. The molecule has 0 aliphatic rings. The summed E-state index contributed by atoms with van der Waals surface area (Å²) in [6.45, 7) is 0. The molecule has 0 atom stereocenters. The van der Waals surface area contributed by atoms with E-state index in [4.69, 9.17) is 16.3 Å². The van der Waals surface area contributed by atoms with Crippen molar-refractivity contribution in [2.45, 2.75) is 0 Å². The van der Waals surface area contributed by atoms with Crippen molar-refractivity contribution in [3.8, 4) is 11.8 Å². The highest BCUT2D eigenvalue weighted by atomic mass is 35.5. The number of benzene rings is 2. The maximum atomic E-state index is 12.5. The van der Waals surface area contributed by atoms with Crippen molar-refractivity contribution in [1.82, 2.24) is 4.98 Å². The smallest absolute Gasteiger partial charge is 0.274 e. The maximum Gasteiger partial charge on any atom is 0.274 e. The molecule has 0 aliphatic heterocycles. The Morgan fingerprint density at radius 2 is 1.96 bits per heavy atom. The van der Waals surface area contributed by atoms with Crippen LogP contribution in [-0.2, 0) is 0 Å². The number of rotatable bonds is 5. The third-order valence-corrected chi connectivity index (χ3v) is 4.02. The molecule has 0 saturated carbocycles. The number of methoxy groups -OCH3 is 1.